The molecule has 4 aromatic carbocycles. The van der Waals surface area contributed by atoms with Crippen molar-refractivity contribution in [2.45, 2.75) is 31.8 Å². The summed E-state index contributed by atoms with van der Waals surface area (Å²) in [6.07, 6.45) is 20.1. The average molecular weight is 618 g/mol. The number of anilines is 2. The Kier molecular flexibility index (Phi) is 10.3. The van der Waals surface area contributed by atoms with Crippen LogP contribution in [0.15, 0.2) is 145 Å². The van der Waals surface area contributed by atoms with Gasteiger partial charge in [0.15, 0.2) is 0 Å². The van der Waals surface area contributed by atoms with Gasteiger partial charge in [-0.2, -0.15) is 0 Å². The predicted octanol–water partition coefficient (Wildman–Crippen LogP) is 8.71. The molecule has 0 saturated carbocycles. The van der Waals surface area contributed by atoms with Crippen molar-refractivity contribution in [3.05, 3.63) is 173 Å². The zero-order valence-electron chi connectivity index (χ0n) is 26.8. The number of nitrogens with zero attached hydrogens (tertiary/aromatic N) is 1. The van der Waals surface area contributed by atoms with E-state index < -0.39 is 0 Å². The Balaban J connectivity index is 1.20. The second-order valence-corrected chi connectivity index (χ2v) is 12.1. The van der Waals surface area contributed by atoms with Crippen LogP contribution >= 0.6 is 0 Å². The van der Waals surface area contributed by atoms with Gasteiger partial charge >= 0.3 is 0 Å². The maximum Gasteiger partial charge on any atom is 0.100 e. The van der Waals surface area contributed by atoms with Crippen molar-refractivity contribution >= 4 is 34.9 Å². The molecule has 2 unspecified atom stereocenters. The van der Waals surface area contributed by atoms with E-state index in [0.29, 0.717) is 6.42 Å². The zero-order valence-corrected chi connectivity index (χ0v) is 26.8. The highest BCUT2D eigenvalue weighted by atomic mass is 15.0. The molecule has 1 heterocycles. The number of fused-ring (bicyclic) bond motifs is 1. The molecule has 2 aliphatic rings. The summed E-state index contributed by atoms with van der Waals surface area (Å²) in [6, 6.07) is 31.2. The van der Waals surface area contributed by atoms with Gasteiger partial charge in [-0.3, -0.25) is 4.99 Å². The number of para-hydroxylation sites is 1. The van der Waals surface area contributed by atoms with Crippen LogP contribution < -0.4 is 22.1 Å². The number of hydrogen-bond acceptors (Lipinski definition) is 5. The van der Waals surface area contributed by atoms with E-state index in [1.54, 1.807) is 0 Å². The van der Waals surface area contributed by atoms with E-state index in [1.165, 1.54) is 11.1 Å². The van der Waals surface area contributed by atoms with Gasteiger partial charge in [0.05, 0.1) is 11.4 Å². The third-order valence-electron chi connectivity index (χ3n) is 8.70. The fourth-order valence-corrected chi connectivity index (χ4v) is 6.14. The molecule has 0 amide bonds. The van der Waals surface area contributed by atoms with Gasteiger partial charge in [-0.05, 0) is 58.7 Å². The number of aliphatic imine (C=N–C) groups is 1. The molecule has 1 aliphatic heterocycles. The molecule has 5 heteroatoms. The smallest absolute Gasteiger partial charge is 0.100 e. The summed E-state index contributed by atoms with van der Waals surface area (Å²) < 4.78 is 0. The summed E-state index contributed by atoms with van der Waals surface area (Å²) in [5.74, 6) is 0.266. The summed E-state index contributed by atoms with van der Waals surface area (Å²) in [5, 5.41) is 7.15. The molecule has 0 fully saturated rings. The van der Waals surface area contributed by atoms with E-state index in [1.807, 2.05) is 48.7 Å². The van der Waals surface area contributed by atoms with Crippen molar-refractivity contribution in [2.75, 3.05) is 17.6 Å². The number of nitrogens with two attached hydrogens (primary N) is 2. The molecule has 6 rings (SSSR count). The molecule has 0 aromatic heterocycles. The fraction of sp³-hybridized carbons (Fsp3) is 0.167. The van der Waals surface area contributed by atoms with Crippen LogP contribution in [0.1, 0.15) is 46.0 Å². The standard InChI is InChI=1S/C42H43N5/c1-30(37-23-22-35-19-11-26-45-40(35)41(37)46-27-25-33-14-8-9-20-38(33)43)28-32-13-10-12-31(29-32)21-24-39(34-15-4-2-5-16-34)47-42(44)36-17-6-3-7-18-36/h2-15,17-20,22-24,27,29,34,42,45,47H,1,16,21,25-26,28,43-44H2/b39-24-,46-27-. The van der Waals surface area contributed by atoms with Gasteiger partial charge in [0.25, 0.3) is 0 Å². The third-order valence-corrected chi connectivity index (χ3v) is 8.70. The Morgan fingerprint density at radius 1 is 0.936 bits per heavy atom. The molecule has 0 saturated heterocycles. The maximum absolute atomic E-state index is 6.60. The Morgan fingerprint density at radius 3 is 2.60 bits per heavy atom. The SMILES string of the molecule is C=C(Cc1cccc(C/C=C(\NC(N)c2ccccc2)C2C=CC=CC2)c1)c1ccc2c(c1/N=C\Cc1ccccc1N)NCC=C2. The van der Waals surface area contributed by atoms with Crippen LogP contribution in [0, 0.1) is 5.92 Å². The lowest BCUT2D eigenvalue weighted by molar-refractivity contribution is 0.561. The summed E-state index contributed by atoms with van der Waals surface area (Å²) in [7, 11) is 0. The third kappa shape index (κ3) is 8.07. The first-order valence-electron chi connectivity index (χ1n) is 16.3. The minimum absolute atomic E-state index is 0.266. The van der Waals surface area contributed by atoms with Gasteiger partial charge in [-0.15, -0.1) is 0 Å². The highest BCUT2D eigenvalue weighted by molar-refractivity contribution is 5.91. The van der Waals surface area contributed by atoms with Crippen molar-refractivity contribution in [3.63, 3.8) is 0 Å². The van der Waals surface area contributed by atoms with Crippen LogP contribution in [0.25, 0.3) is 11.6 Å². The molecule has 0 radical (unpaired) electrons. The second kappa shape index (κ2) is 15.3. The van der Waals surface area contributed by atoms with E-state index in [0.717, 1.165) is 76.4 Å². The molecule has 0 spiro atoms. The topological polar surface area (TPSA) is 88.5 Å². The van der Waals surface area contributed by atoms with E-state index in [9.17, 15) is 0 Å². The van der Waals surface area contributed by atoms with Crippen LogP contribution in [-0.4, -0.2) is 12.8 Å². The Labute approximate surface area is 278 Å². The summed E-state index contributed by atoms with van der Waals surface area (Å²) in [5.41, 5.74) is 24.5. The highest BCUT2D eigenvalue weighted by Gasteiger charge is 2.17. The first-order valence-corrected chi connectivity index (χ1v) is 16.3. The van der Waals surface area contributed by atoms with Crippen LogP contribution in [0.2, 0.25) is 0 Å². The monoisotopic (exact) mass is 617 g/mol. The van der Waals surface area contributed by atoms with Gasteiger partial charge in [0, 0.05) is 42.0 Å². The molecule has 6 N–H and O–H groups in total. The highest BCUT2D eigenvalue weighted by Crippen LogP contribution is 2.39. The fourth-order valence-electron chi connectivity index (χ4n) is 6.14. The van der Waals surface area contributed by atoms with E-state index >= 15 is 0 Å². The first-order chi connectivity index (χ1) is 23.0. The molecule has 5 nitrogen and oxygen atoms in total. The molecular weight excluding hydrogens is 574 g/mol. The maximum atomic E-state index is 6.60. The number of nitrogens with one attached hydrogen (secondary N) is 2. The number of nitrogen functional groups attached to an aromatic ring is 1. The number of rotatable bonds is 12. The van der Waals surface area contributed by atoms with Crippen LogP contribution in [-0.2, 0) is 19.3 Å². The number of allylic oxidation sites excluding steroid dienone is 6. The molecule has 2 atom stereocenters. The molecule has 0 bridgehead atoms. The lowest BCUT2D eigenvalue weighted by Gasteiger charge is -2.24. The van der Waals surface area contributed by atoms with E-state index in [2.05, 4.69) is 108 Å². The van der Waals surface area contributed by atoms with Gasteiger partial charge in [-0.25, -0.2) is 0 Å². The summed E-state index contributed by atoms with van der Waals surface area (Å²) in [6.45, 7) is 5.32. The summed E-state index contributed by atoms with van der Waals surface area (Å²) >= 11 is 0. The van der Waals surface area contributed by atoms with Gasteiger partial charge in [0.1, 0.15) is 6.17 Å². The van der Waals surface area contributed by atoms with Crippen LogP contribution in [0.4, 0.5) is 17.1 Å². The van der Waals surface area contributed by atoms with Crippen molar-refractivity contribution in [1.29, 1.82) is 0 Å². The van der Waals surface area contributed by atoms with Gasteiger partial charge in [-0.1, -0.05) is 134 Å². The minimum atomic E-state index is -0.278. The molecule has 1 aliphatic carbocycles. The van der Waals surface area contributed by atoms with Crippen LogP contribution in [0.3, 0.4) is 0 Å². The van der Waals surface area contributed by atoms with Gasteiger partial charge in [0.2, 0.25) is 0 Å². The predicted molar refractivity (Wildman–Crippen MR) is 201 cm³/mol. The van der Waals surface area contributed by atoms with Crippen LogP contribution in [0.5, 0.6) is 0 Å². The first kappa shape index (κ1) is 31.6. The number of hydrogen-bond donors (Lipinski definition) is 4. The normalized spacial score (nSPS) is 16.1. The minimum Gasteiger partial charge on any atom is -0.398 e. The zero-order chi connectivity index (χ0) is 32.4. The molecule has 4 aromatic rings. The Bertz CT molecular complexity index is 1860. The lowest BCUT2D eigenvalue weighted by atomic mass is 9.93. The van der Waals surface area contributed by atoms with Gasteiger partial charge < -0.3 is 22.1 Å². The molecule has 47 heavy (non-hydrogen) atoms. The number of benzene rings is 4. The van der Waals surface area contributed by atoms with Crippen molar-refractivity contribution in [1.82, 2.24) is 5.32 Å². The van der Waals surface area contributed by atoms with E-state index in [-0.39, 0.29) is 12.1 Å². The Morgan fingerprint density at radius 2 is 1.77 bits per heavy atom. The molecular formula is C42H43N5. The average Bonchev–Trinajstić information content (AvgIpc) is 3.11. The van der Waals surface area contributed by atoms with Crippen molar-refractivity contribution in [3.8, 4) is 0 Å². The Hall–Kier alpha value is -5.39. The second-order valence-electron chi connectivity index (χ2n) is 12.1. The summed E-state index contributed by atoms with van der Waals surface area (Å²) in [4.78, 5) is 5.00. The van der Waals surface area contributed by atoms with E-state index in [4.69, 9.17) is 16.5 Å². The largest absolute Gasteiger partial charge is 0.398 e. The quantitative estimate of drug-likeness (QED) is 0.0727. The van der Waals surface area contributed by atoms with Crippen molar-refractivity contribution < 1.29 is 0 Å². The lowest BCUT2D eigenvalue weighted by Crippen LogP contribution is -2.31. The molecule has 236 valence electrons. The van der Waals surface area contributed by atoms with Crippen molar-refractivity contribution in [2.24, 2.45) is 16.6 Å².